The van der Waals surface area contributed by atoms with Crippen LogP contribution in [0.2, 0.25) is 5.22 Å². The van der Waals surface area contributed by atoms with Crippen molar-refractivity contribution in [3.8, 4) is 0 Å². The Kier molecular flexibility index (Phi) is 3.57. The second-order valence-electron chi connectivity index (χ2n) is 3.60. The van der Waals surface area contributed by atoms with Gasteiger partial charge in [0.05, 0.1) is 0 Å². The van der Waals surface area contributed by atoms with Gasteiger partial charge in [-0.15, -0.1) is 11.6 Å². The molecule has 0 N–H and O–H groups in total. The lowest BCUT2D eigenvalue weighted by Gasteiger charge is -2.07. The Morgan fingerprint density at radius 3 is 2.31 bits per heavy atom. The molecular formula is C13H12Cl2O. The molecule has 1 aromatic heterocycles. The second kappa shape index (κ2) is 4.94. The summed E-state index contributed by atoms with van der Waals surface area (Å²) >= 11 is 12.0. The Labute approximate surface area is 105 Å². The van der Waals surface area contributed by atoms with Crippen molar-refractivity contribution in [1.29, 1.82) is 0 Å². The van der Waals surface area contributed by atoms with Gasteiger partial charge in [-0.3, -0.25) is 0 Å². The van der Waals surface area contributed by atoms with Gasteiger partial charge < -0.3 is 4.42 Å². The summed E-state index contributed by atoms with van der Waals surface area (Å²) in [5.41, 5.74) is 2.31. The fourth-order valence-electron chi connectivity index (χ4n) is 1.55. The van der Waals surface area contributed by atoms with Crippen LogP contribution in [-0.2, 0) is 6.42 Å². The van der Waals surface area contributed by atoms with E-state index in [0.29, 0.717) is 11.0 Å². The summed E-state index contributed by atoms with van der Waals surface area (Å²) in [7, 11) is 0. The van der Waals surface area contributed by atoms with Crippen LogP contribution in [0.15, 0.2) is 40.8 Å². The normalized spacial score (nSPS) is 12.7. The monoisotopic (exact) mass is 254 g/mol. The van der Waals surface area contributed by atoms with Gasteiger partial charge in [0.15, 0.2) is 5.22 Å². The van der Waals surface area contributed by atoms with Crippen LogP contribution in [0, 0.1) is 0 Å². The maximum atomic E-state index is 6.29. The fourth-order valence-corrected chi connectivity index (χ4v) is 1.97. The van der Waals surface area contributed by atoms with Crippen LogP contribution in [0.4, 0.5) is 0 Å². The first-order valence-electron chi connectivity index (χ1n) is 5.19. The van der Waals surface area contributed by atoms with Crippen LogP contribution in [0.25, 0.3) is 0 Å². The first-order chi connectivity index (χ1) is 7.70. The zero-order valence-electron chi connectivity index (χ0n) is 8.91. The molecule has 0 aliphatic carbocycles. The summed E-state index contributed by atoms with van der Waals surface area (Å²) in [6, 6.07) is 11.7. The third-order valence-electron chi connectivity index (χ3n) is 2.52. The largest absolute Gasteiger partial charge is 0.448 e. The molecule has 0 saturated carbocycles. The van der Waals surface area contributed by atoms with Crippen LogP contribution in [-0.4, -0.2) is 0 Å². The van der Waals surface area contributed by atoms with E-state index in [2.05, 4.69) is 19.1 Å². The Balaban J connectivity index is 2.23. The van der Waals surface area contributed by atoms with Gasteiger partial charge in [-0.2, -0.15) is 0 Å². The van der Waals surface area contributed by atoms with Crippen molar-refractivity contribution < 1.29 is 4.42 Å². The molecular weight excluding hydrogens is 243 g/mol. The lowest BCUT2D eigenvalue weighted by Crippen LogP contribution is -1.91. The second-order valence-corrected chi connectivity index (χ2v) is 4.41. The molecule has 0 fully saturated rings. The summed E-state index contributed by atoms with van der Waals surface area (Å²) < 4.78 is 5.29. The zero-order chi connectivity index (χ0) is 11.5. The van der Waals surface area contributed by atoms with E-state index < -0.39 is 0 Å². The predicted molar refractivity (Wildman–Crippen MR) is 67.2 cm³/mol. The molecule has 16 heavy (non-hydrogen) atoms. The molecule has 1 nitrogen and oxygen atoms in total. The van der Waals surface area contributed by atoms with Crippen LogP contribution < -0.4 is 0 Å². The maximum Gasteiger partial charge on any atom is 0.193 e. The molecule has 0 radical (unpaired) electrons. The van der Waals surface area contributed by atoms with Gasteiger partial charge in [0.2, 0.25) is 0 Å². The summed E-state index contributed by atoms with van der Waals surface area (Å²) in [5, 5.41) is 0.0873. The predicted octanol–water partition coefficient (Wildman–Crippen LogP) is 4.82. The van der Waals surface area contributed by atoms with Crippen molar-refractivity contribution in [1.82, 2.24) is 0 Å². The first-order valence-corrected chi connectivity index (χ1v) is 6.00. The van der Waals surface area contributed by atoms with Gasteiger partial charge in [-0.25, -0.2) is 0 Å². The third kappa shape index (κ3) is 2.42. The number of aryl methyl sites for hydroxylation is 1. The minimum atomic E-state index is -0.279. The molecule has 0 saturated heterocycles. The molecule has 1 aromatic carbocycles. The van der Waals surface area contributed by atoms with Crippen LogP contribution in [0.3, 0.4) is 0 Å². The van der Waals surface area contributed by atoms with Crippen molar-refractivity contribution in [3.05, 3.63) is 58.5 Å². The Hall–Kier alpha value is -0.920. The number of furan rings is 1. The maximum absolute atomic E-state index is 6.29. The third-order valence-corrected chi connectivity index (χ3v) is 3.19. The smallest absolute Gasteiger partial charge is 0.193 e. The molecule has 0 bridgehead atoms. The van der Waals surface area contributed by atoms with E-state index in [-0.39, 0.29) is 5.38 Å². The lowest BCUT2D eigenvalue weighted by atomic mass is 10.1. The number of hydrogen-bond acceptors (Lipinski definition) is 1. The topological polar surface area (TPSA) is 13.1 Å². The van der Waals surface area contributed by atoms with Crippen molar-refractivity contribution in [3.63, 3.8) is 0 Å². The van der Waals surface area contributed by atoms with E-state index in [9.17, 15) is 0 Å². The number of rotatable bonds is 3. The molecule has 1 heterocycles. The van der Waals surface area contributed by atoms with Gasteiger partial charge in [-0.05, 0) is 41.3 Å². The molecule has 84 valence electrons. The highest BCUT2D eigenvalue weighted by Gasteiger charge is 2.14. The van der Waals surface area contributed by atoms with E-state index in [1.54, 1.807) is 12.1 Å². The van der Waals surface area contributed by atoms with E-state index in [1.807, 2.05) is 12.1 Å². The lowest BCUT2D eigenvalue weighted by molar-refractivity contribution is 0.518. The highest BCUT2D eigenvalue weighted by molar-refractivity contribution is 6.29. The van der Waals surface area contributed by atoms with E-state index >= 15 is 0 Å². The number of halogens is 2. The number of benzene rings is 1. The molecule has 0 spiro atoms. The van der Waals surface area contributed by atoms with Crippen LogP contribution in [0.5, 0.6) is 0 Å². The SMILES string of the molecule is CCc1ccc(C(Cl)c2ccc(Cl)o2)cc1. The van der Waals surface area contributed by atoms with Crippen molar-refractivity contribution in [2.75, 3.05) is 0 Å². The Bertz CT molecular complexity index is 459. The van der Waals surface area contributed by atoms with E-state index in [1.165, 1.54) is 5.56 Å². The average Bonchev–Trinajstić information content (AvgIpc) is 2.75. The van der Waals surface area contributed by atoms with Gasteiger partial charge in [0, 0.05) is 0 Å². The summed E-state index contributed by atoms with van der Waals surface area (Å²) in [6.07, 6.45) is 1.03. The highest BCUT2D eigenvalue weighted by Crippen LogP contribution is 2.31. The van der Waals surface area contributed by atoms with Gasteiger partial charge in [0.25, 0.3) is 0 Å². The average molecular weight is 255 g/mol. The number of alkyl halides is 1. The standard InChI is InChI=1S/C13H12Cl2O/c1-2-9-3-5-10(6-4-9)13(15)11-7-8-12(14)16-11/h3-8,13H,2H2,1H3. The summed E-state index contributed by atoms with van der Waals surface area (Å²) in [5.74, 6) is 0.677. The van der Waals surface area contributed by atoms with Gasteiger partial charge in [0.1, 0.15) is 11.1 Å². The van der Waals surface area contributed by atoms with Crippen molar-refractivity contribution in [2.45, 2.75) is 18.7 Å². The summed E-state index contributed by atoms with van der Waals surface area (Å²) in [4.78, 5) is 0. The Morgan fingerprint density at radius 2 is 1.81 bits per heavy atom. The molecule has 3 heteroatoms. The van der Waals surface area contributed by atoms with Crippen LogP contribution >= 0.6 is 23.2 Å². The van der Waals surface area contributed by atoms with Gasteiger partial charge >= 0.3 is 0 Å². The molecule has 0 amide bonds. The summed E-state index contributed by atoms with van der Waals surface area (Å²) in [6.45, 7) is 2.12. The Morgan fingerprint density at radius 1 is 1.12 bits per heavy atom. The minimum absolute atomic E-state index is 0.279. The van der Waals surface area contributed by atoms with E-state index in [4.69, 9.17) is 27.6 Å². The van der Waals surface area contributed by atoms with E-state index in [0.717, 1.165) is 12.0 Å². The minimum Gasteiger partial charge on any atom is -0.448 e. The van der Waals surface area contributed by atoms with Crippen LogP contribution in [0.1, 0.15) is 29.2 Å². The van der Waals surface area contributed by atoms with Gasteiger partial charge in [-0.1, -0.05) is 31.2 Å². The fraction of sp³-hybridized carbons (Fsp3) is 0.231. The molecule has 2 rings (SSSR count). The molecule has 1 unspecified atom stereocenters. The zero-order valence-corrected chi connectivity index (χ0v) is 10.4. The quantitative estimate of drug-likeness (QED) is 0.716. The first kappa shape index (κ1) is 11.6. The highest BCUT2D eigenvalue weighted by atomic mass is 35.5. The van der Waals surface area contributed by atoms with Crippen molar-refractivity contribution in [2.24, 2.45) is 0 Å². The molecule has 0 aliphatic rings. The molecule has 0 aliphatic heterocycles. The molecule has 2 aromatic rings. The number of hydrogen-bond donors (Lipinski definition) is 0. The van der Waals surface area contributed by atoms with Crippen molar-refractivity contribution >= 4 is 23.2 Å². The molecule has 1 atom stereocenters.